The highest BCUT2D eigenvalue weighted by Crippen LogP contribution is 2.83. The fraction of sp³-hybridized carbons (Fsp3) is 1.00. The van der Waals surface area contributed by atoms with Crippen LogP contribution in [-0.4, -0.2) is 0 Å². The van der Waals surface area contributed by atoms with Crippen LogP contribution in [0.2, 0.25) is 0 Å². The van der Waals surface area contributed by atoms with Gasteiger partial charge in [0.1, 0.15) is 0 Å². The van der Waals surface area contributed by atoms with Gasteiger partial charge in [0.15, 0.2) is 0 Å². The van der Waals surface area contributed by atoms with Crippen molar-refractivity contribution in [3.05, 3.63) is 0 Å². The van der Waals surface area contributed by atoms with Crippen molar-refractivity contribution in [2.24, 2.45) is 47.3 Å². The van der Waals surface area contributed by atoms with E-state index in [0.29, 0.717) is 0 Å². The molecule has 0 aromatic heterocycles. The molecule has 8 atom stereocenters. The summed E-state index contributed by atoms with van der Waals surface area (Å²) in [6, 6.07) is 0. The first-order valence-corrected chi connectivity index (χ1v) is 6.34. The molecule has 0 radical (unpaired) electrons. The van der Waals surface area contributed by atoms with Crippen LogP contribution in [0, 0.1) is 47.3 Å². The fourth-order valence-electron chi connectivity index (χ4n) is 5.71. The maximum absolute atomic E-state index is 2.54. The fourth-order valence-corrected chi connectivity index (χ4v) is 5.71. The van der Waals surface area contributed by atoms with Gasteiger partial charge in [-0.15, -0.1) is 0 Å². The summed E-state index contributed by atoms with van der Waals surface area (Å²) < 4.78 is 0. The molecule has 4 aliphatic carbocycles. The SMILES string of the molecule is CCCC1C(C)C2C1C1C3C[C@@H]2C31. The van der Waals surface area contributed by atoms with Gasteiger partial charge >= 0.3 is 0 Å². The molecule has 7 unspecified atom stereocenters. The van der Waals surface area contributed by atoms with Gasteiger partial charge in [0.05, 0.1) is 0 Å². The lowest BCUT2D eigenvalue weighted by Gasteiger charge is -2.55. The Morgan fingerprint density at radius 3 is 2.54 bits per heavy atom. The number of fused-ring (bicyclic) bond motifs is 4. The van der Waals surface area contributed by atoms with E-state index in [4.69, 9.17) is 0 Å². The van der Waals surface area contributed by atoms with Gasteiger partial charge in [-0.05, 0) is 53.8 Å². The van der Waals surface area contributed by atoms with E-state index in [9.17, 15) is 0 Å². The van der Waals surface area contributed by atoms with Gasteiger partial charge in [0.25, 0.3) is 0 Å². The molecule has 13 heavy (non-hydrogen) atoms. The van der Waals surface area contributed by atoms with Crippen molar-refractivity contribution < 1.29 is 0 Å². The van der Waals surface area contributed by atoms with Gasteiger partial charge in [-0.3, -0.25) is 0 Å². The molecule has 4 fully saturated rings. The van der Waals surface area contributed by atoms with Crippen LogP contribution in [0.25, 0.3) is 0 Å². The zero-order chi connectivity index (χ0) is 8.74. The second kappa shape index (κ2) is 1.99. The molecule has 0 aliphatic heterocycles. The molecule has 0 amide bonds. The second-order valence-electron chi connectivity index (χ2n) is 6.18. The molecule has 0 aromatic carbocycles. The standard InChI is InChI=1S/C13H20/c1-3-4-7-6(2)10-8-5-9-11(8)13(9)12(7)10/h6-13H,3-5H2,1-2H3/t6?,7?,8-,9?,10?,11?,12?,13?/m0/s1. The van der Waals surface area contributed by atoms with Crippen molar-refractivity contribution in [1.29, 1.82) is 0 Å². The first-order chi connectivity index (χ1) is 6.34. The van der Waals surface area contributed by atoms with Crippen LogP contribution >= 0.6 is 0 Å². The van der Waals surface area contributed by atoms with E-state index in [1.165, 1.54) is 48.3 Å². The van der Waals surface area contributed by atoms with Crippen LogP contribution in [0.15, 0.2) is 0 Å². The summed E-state index contributed by atoms with van der Waals surface area (Å²) in [7, 11) is 0. The van der Waals surface area contributed by atoms with Crippen molar-refractivity contribution in [2.75, 3.05) is 0 Å². The summed E-state index contributed by atoms with van der Waals surface area (Å²) in [5.74, 6) is 9.67. The highest BCUT2D eigenvalue weighted by molar-refractivity contribution is 5.26. The van der Waals surface area contributed by atoms with Gasteiger partial charge in [-0.25, -0.2) is 0 Å². The van der Waals surface area contributed by atoms with Crippen molar-refractivity contribution in [1.82, 2.24) is 0 Å². The minimum absolute atomic E-state index is 1.10. The molecule has 0 saturated heterocycles. The molecule has 4 rings (SSSR count). The van der Waals surface area contributed by atoms with Gasteiger partial charge in [-0.2, -0.15) is 0 Å². The van der Waals surface area contributed by atoms with Gasteiger partial charge in [-0.1, -0.05) is 26.7 Å². The first-order valence-electron chi connectivity index (χ1n) is 6.34. The van der Waals surface area contributed by atoms with Crippen LogP contribution < -0.4 is 0 Å². The smallest absolute Gasteiger partial charge is 0.0315 e. The Bertz CT molecular complexity index is 257. The molecule has 0 nitrogen and oxygen atoms in total. The maximum Gasteiger partial charge on any atom is -0.0315 e. The topological polar surface area (TPSA) is 0 Å². The first kappa shape index (κ1) is 7.31. The maximum atomic E-state index is 2.54. The Hall–Kier alpha value is 0. The van der Waals surface area contributed by atoms with Crippen molar-refractivity contribution in [3.8, 4) is 0 Å². The average molecular weight is 176 g/mol. The molecular weight excluding hydrogens is 156 g/mol. The molecule has 0 aromatic rings. The number of hydrogen-bond acceptors (Lipinski definition) is 0. The van der Waals surface area contributed by atoms with E-state index in [2.05, 4.69) is 13.8 Å². The van der Waals surface area contributed by atoms with Crippen LogP contribution in [0.4, 0.5) is 0 Å². The van der Waals surface area contributed by atoms with E-state index < -0.39 is 0 Å². The Morgan fingerprint density at radius 1 is 1.00 bits per heavy atom. The lowest BCUT2D eigenvalue weighted by atomic mass is 9.49. The quantitative estimate of drug-likeness (QED) is 0.606. The number of hydrogen-bond donors (Lipinski definition) is 0. The normalized spacial score (nSPS) is 70.6. The third kappa shape index (κ3) is 0.593. The lowest BCUT2D eigenvalue weighted by Crippen LogP contribution is -2.50. The van der Waals surface area contributed by atoms with Crippen LogP contribution in [0.5, 0.6) is 0 Å². The largest absolute Gasteiger partial charge is 0.0654 e. The van der Waals surface area contributed by atoms with E-state index >= 15 is 0 Å². The molecule has 0 spiro atoms. The molecule has 4 saturated carbocycles. The van der Waals surface area contributed by atoms with Crippen LogP contribution in [0.1, 0.15) is 33.1 Å². The molecule has 0 bridgehead atoms. The summed E-state index contributed by atoms with van der Waals surface area (Å²) in [6.45, 7) is 4.90. The molecule has 0 N–H and O–H groups in total. The van der Waals surface area contributed by atoms with Gasteiger partial charge < -0.3 is 0 Å². The van der Waals surface area contributed by atoms with E-state index in [-0.39, 0.29) is 0 Å². The van der Waals surface area contributed by atoms with Crippen molar-refractivity contribution >= 4 is 0 Å². The third-order valence-corrected chi connectivity index (χ3v) is 6.11. The Morgan fingerprint density at radius 2 is 1.77 bits per heavy atom. The monoisotopic (exact) mass is 176 g/mol. The minimum Gasteiger partial charge on any atom is -0.0654 e. The van der Waals surface area contributed by atoms with Crippen molar-refractivity contribution in [2.45, 2.75) is 33.1 Å². The lowest BCUT2D eigenvalue weighted by molar-refractivity contribution is -0.0769. The van der Waals surface area contributed by atoms with E-state index in [0.717, 1.165) is 11.8 Å². The zero-order valence-corrected chi connectivity index (χ0v) is 8.74. The zero-order valence-electron chi connectivity index (χ0n) is 8.74. The van der Waals surface area contributed by atoms with Gasteiger partial charge in [0, 0.05) is 0 Å². The van der Waals surface area contributed by atoms with Crippen molar-refractivity contribution in [3.63, 3.8) is 0 Å². The number of rotatable bonds is 2. The summed E-state index contributed by atoms with van der Waals surface area (Å²) in [4.78, 5) is 0. The molecule has 0 heteroatoms. The molecule has 72 valence electrons. The molecular formula is C13H20. The molecule has 4 aliphatic rings. The average Bonchev–Trinajstić information content (AvgIpc) is 2.60. The highest BCUT2D eigenvalue weighted by atomic mass is 14.8. The van der Waals surface area contributed by atoms with E-state index in [1.807, 2.05) is 0 Å². The summed E-state index contributed by atoms with van der Waals surface area (Å²) in [5, 5.41) is 0. The minimum atomic E-state index is 1.10. The van der Waals surface area contributed by atoms with Crippen LogP contribution in [-0.2, 0) is 0 Å². The Labute approximate surface area is 81.1 Å². The van der Waals surface area contributed by atoms with Gasteiger partial charge in [0.2, 0.25) is 0 Å². The van der Waals surface area contributed by atoms with Crippen LogP contribution in [0.3, 0.4) is 0 Å². The Balaban J connectivity index is 1.59. The third-order valence-electron chi connectivity index (χ3n) is 6.11. The predicted molar refractivity (Wildman–Crippen MR) is 53.1 cm³/mol. The summed E-state index contributed by atoms with van der Waals surface area (Å²) in [6.07, 6.45) is 4.59. The molecule has 0 heterocycles. The van der Waals surface area contributed by atoms with E-state index in [1.54, 1.807) is 6.42 Å². The predicted octanol–water partition coefficient (Wildman–Crippen LogP) is 3.18. The summed E-state index contributed by atoms with van der Waals surface area (Å²) >= 11 is 0. The second-order valence-corrected chi connectivity index (χ2v) is 6.18. The summed E-state index contributed by atoms with van der Waals surface area (Å²) in [5.41, 5.74) is 0. The highest BCUT2D eigenvalue weighted by Gasteiger charge is 2.78. The Kier molecular flexibility index (Phi) is 1.12.